The lowest BCUT2D eigenvalue weighted by Crippen LogP contribution is -2.41. The van der Waals surface area contributed by atoms with Crippen molar-refractivity contribution in [3.63, 3.8) is 0 Å². The molecule has 0 unspecified atom stereocenters. The molecule has 0 spiro atoms. The fourth-order valence-corrected chi connectivity index (χ4v) is 4.64. The van der Waals surface area contributed by atoms with E-state index in [2.05, 4.69) is 26.7 Å². The van der Waals surface area contributed by atoms with E-state index in [4.69, 9.17) is 17.3 Å². The third-order valence-corrected chi connectivity index (χ3v) is 6.21. The summed E-state index contributed by atoms with van der Waals surface area (Å²) in [6.07, 6.45) is 9.45. The van der Waals surface area contributed by atoms with Crippen LogP contribution in [0.1, 0.15) is 36.9 Å². The summed E-state index contributed by atoms with van der Waals surface area (Å²) >= 11 is 6.17. The summed E-state index contributed by atoms with van der Waals surface area (Å²) in [7, 11) is 1.78. The Bertz CT molecular complexity index is 1150. The second kappa shape index (κ2) is 8.94. The highest BCUT2D eigenvalue weighted by molar-refractivity contribution is 6.30. The van der Waals surface area contributed by atoms with E-state index in [1.165, 1.54) is 10.9 Å². The van der Waals surface area contributed by atoms with E-state index in [9.17, 15) is 4.79 Å². The minimum absolute atomic E-state index is 0.296. The zero-order valence-electron chi connectivity index (χ0n) is 17.8. The van der Waals surface area contributed by atoms with Gasteiger partial charge in [-0.3, -0.25) is 9.98 Å². The molecule has 1 aromatic carbocycles. The van der Waals surface area contributed by atoms with Gasteiger partial charge in [-0.15, -0.1) is 0 Å². The number of piperidine rings is 1. The van der Waals surface area contributed by atoms with Crippen LogP contribution in [-0.2, 0) is 0 Å². The maximum absolute atomic E-state index is 11.6. The number of rotatable bonds is 4. The Kier molecular flexibility index (Phi) is 6.09. The lowest BCUT2D eigenvalue weighted by molar-refractivity contribution is 0.191. The van der Waals surface area contributed by atoms with Crippen molar-refractivity contribution in [2.45, 2.75) is 25.7 Å². The molecule has 0 aliphatic carbocycles. The second-order valence-corrected chi connectivity index (χ2v) is 8.13. The van der Waals surface area contributed by atoms with Crippen molar-refractivity contribution >= 4 is 40.3 Å². The summed E-state index contributed by atoms with van der Waals surface area (Å²) in [5.74, 6) is 0.296. The Morgan fingerprint density at radius 2 is 1.94 bits per heavy atom. The van der Waals surface area contributed by atoms with Crippen LogP contribution in [0.15, 0.2) is 53.8 Å². The van der Waals surface area contributed by atoms with E-state index in [1.54, 1.807) is 11.9 Å². The summed E-state index contributed by atoms with van der Waals surface area (Å²) < 4.78 is 2.24. The number of hydrogen-bond donors (Lipinski definition) is 1. The van der Waals surface area contributed by atoms with Crippen molar-refractivity contribution in [3.8, 4) is 5.69 Å². The maximum atomic E-state index is 11.6. The number of allylic oxidation sites excluding steroid dienone is 2. The summed E-state index contributed by atoms with van der Waals surface area (Å²) in [6, 6.07) is 9.58. The number of fused-ring (bicyclic) bond motifs is 1. The van der Waals surface area contributed by atoms with Crippen LogP contribution in [0.3, 0.4) is 0 Å². The number of amides is 2. The van der Waals surface area contributed by atoms with Crippen LogP contribution in [0.4, 0.5) is 4.79 Å². The highest BCUT2D eigenvalue weighted by Crippen LogP contribution is 2.41. The fourth-order valence-electron chi connectivity index (χ4n) is 4.52. The van der Waals surface area contributed by atoms with Crippen LogP contribution in [0, 0.1) is 0 Å². The third-order valence-electron chi connectivity index (χ3n) is 5.96. The Hall–Kier alpha value is -3.12. The molecule has 1 fully saturated rings. The lowest BCUT2D eigenvalue weighted by atomic mass is 9.86. The second-order valence-electron chi connectivity index (χ2n) is 7.70. The van der Waals surface area contributed by atoms with Gasteiger partial charge >= 0.3 is 6.03 Å². The van der Waals surface area contributed by atoms with Gasteiger partial charge in [-0.25, -0.2) is 4.79 Å². The van der Waals surface area contributed by atoms with Crippen LogP contribution >= 0.6 is 11.6 Å². The van der Waals surface area contributed by atoms with Crippen molar-refractivity contribution in [3.05, 3.63) is 65.1 Å². The van der Waals surface area contributed by atoms with Gasteiger partial charge in [0.1, 0.15) is 0 Å². The fraction of sp³-hybridized carbons (Fsp3) is 0.292. The van der Waals surface area contributed by atoms with Gasteiger partial charge in [0.2, 0.25) is 0 Å². The average Bonchev–Trinajstić information content (AvgIpc) is 3.13. The summed E-state index contributed by atoms with van der Waals surface area (Å²) in [4.78, 5) is 22.1. The van der Waals surface area contributed by atoms with Crippen molar-refractivity contribution in [1.82, 2.24) is 14.5 Å². The largest absolute Gasteiger partial charge is 0.351 e. The molecule has 6 nitrogen and oxygen atoms in total. The van der Waals surface area contributed by atoms with E-state index in [0.29, 0.717) is 24.0 Å². The minimum Gasteiger partial charge on any atom is -0.351 e. The van der Waals surface area contributed by atoms with Gasteiger partial charge in [-0.1, -0.05) is 17.7 Å². The first-order chi connectivity index (χ1) is 15.0. The standard InChI is InChI=1S/C24H26ClN5O/c1-3-16(14-27-2)23-22(17-9-12-29(13-10-17)24(26)31)20-8-11-28-15-21(20)30(23)19-6-4-18(25)5-7-19/h3-8,11,14-15,17H,9-10,12-13H2,1-2H3,(H2,26,31)/b16-3+,27-14-. The number of nitrogens with zero attached hydrogens (tertiary/aromatic N) is 4. The first-order valence-electron chi connectivity index (χ1n) is 10.4. The number of halogens is 1. The molecule has 2 N–H and O–H groups in total. The van der Waals surface area contributed by atoms with Crippen LogP contribution < -0.4 is 5.73 Å². The normalized spacial score (nSPS) is 15.8. The molecule has 3 aromatic rings. The Morgan fingerprint density at radius 3 is 2.55 bits per heavy atom. The number of nitrogens with two attached hydrogens (primary N) is 1. The van der Waals surface area contributed by atoms with E-state index in [1.807, 2.05) is 49.8 Å². The van der Waals surface area contributed by atoms with Gasteiger partial charge in [0.15, 0.2) is 0 Å². The average molecular weight is 436 g/mol. The zero-order chi connectivity index (χ0) is 22.0. The minimum atomic E-state index is -0.348. The molecule has 0 atom stereocenters. The van der Waals surface area contributed by atoms with E-state index in [0.717, 1.165) is 35.3 Å². The summed E-state index contributed by atoms with van der Waals surface area (Å²) in [6.45, 7) is 3.34. The SMILES string of the molecule is C/C=C(\C=N/C)c1c(C2CCN(C(N)=O)CC2)c2ccncc2n1-c1ccc(Cl)cc1. The van der Waals surface area contributed by atoms with E-state index in [-0.39, 0.29) is 6.03 Å². The number of primary amides is 1. The van der Waals surface area contributed by atoms with Crippen molar-refractivity contribution in [2.24, 2.45) is 10.7 Å². The smallest absolute Gasteiger partial charge is 0.314 e. The number of carbonyl (C=O) groups excluding carboxylic acids is 1. The first kappa shape index (κ1) is 21.1. The molecule has 7 heteroatoms. The number of aromatic nitrogens is 2. The van der Waals surface area contributed by atoms with Crippen LogP contribution in [0.2, 0.25) is 5.02 Å². The molecule has 2 aromatic heterocycles. The molecular weight excluding hydrogens is 410 g/mol. The quantitative estimate of drug-likeness (QED) is 0.582. The van der Waals surface area contributed by atoms with Gasteiger partial charge in [-0.05, 0) is 61.6 Å². The molecule has 0 bridgehead atoms. The van der Waals surface area contributed by atoms with Crippen molar-refractivity contribution in [2.75, 3.05) is 20.1 Å². The van der Waals surface area contributed by atoms with Crippen molar-refractivity contribution in [1.29, 1.82) is 0 Å². The molecule has 1 aliphatic rings. The maximum Gasteiger partial charge on any atom is 0.314 e. The highest BCUT2D eigenvalue weighted by atomic mass is 35.5. The molecule has 4 rings (SSSR count). The van der Waals surface area contributed by atoms with Gasteiger partial charge in [0, 0.05) is 54.2 Å². The summed E-state index contributed by atoms with van der Waals surface area (Å²) in [5.41, 5.74) is 11.0. The molecule has 1 saturated heterocycles. The molecule has 1 aliphatic heterocycles. The molecular formula is C24H26ClN5O. The molecule has 31 heavy (non-hydrogen) atoms. The first-order valence-corrected chi connectivity index (χ1v) is 10.8. The third kappa shape index (κ3) is 3.95. The molecule has 0 saturated carbocycles. The van der Waals surface area contributed by atoms with Gasteiger partial charge in [0.25, 0.3) is 0 Å². The van der Waals surface area contributed by atoms with E-state index < -0.39 is 0 Å². The number of aliphatic imine (C=N–C) groups is 1. The number of pyridine rings is 1. The number of hydrogen-bond acceptors (Lipinski definition) is 3. The van der Waals surface area contributed by atoms with Gasteiger partial charge in [0.05, 0.1) is 17.4 Å². The van der Waals surface area contributed by atoms with Crippen LogP contribution in [0.5, 0.6) is 0 Å². The Morgan fingerprint density at radius 1 is 1.23 bits per heavy atom. The van der Waals surface area contributed by atoms with Gasteiger partial charge in [-0.2, -0.15) is 0 Å². The predicted octanol–water partition coefficient (Wildman–Crippen LogP) is 5.04. The van der Waals surface area contributed by atoms with Crippen LogP contribution in [0.25, 0.3) is 22.2 Å². The molecule has 2 amide bonds. The van der Waals surface area contributed by atoms with Gasteiger partial charge < -0.3 is 15.2 Å². The Labute approximate surface area is 187 Å². The number of urea groups is 1. The molecule has 160 valence electrons. The number of likely N-dealkylation sites (tertiary alicyclic amines) is 1. The summed E-state index contributed by atoms with van der Waals surface area (Å²) in [5, 5.41) is 1.86. The Balaban J connectivity index is 1.97. The number of benzene rings is 1. The van der Waals surface area contributed by atoms with E-state index >= 15 is 0 Å². The van der Waals surface area contributed by atoms with Crippen LogP contribution in [-0.4, -0.2) is 46.8 Å². The lowest BCUT2D eigenvalue weighted by Gasteiger charge is -2.31. The monoisotopic (exact) mass is 435 g/mol. The predicted molar refractivity (Wildman–Crippen MR) is 127 cm³/mol. The zero-order valence-corrected chi connectivity index (χ0v) is 18.5. The molecule has 0 radical (unpaired) electrons. The number of carbonyl (C=O) groups is 1. The highest BCUT2D eigenvalue weighted by Gasteiger charge is 2.30. The topological polar surface area (TPSA) is 76.5 Å². The molecule has 3 heterocycles. The van der Waals surface area contributed by atoms with Crippen molar-refractivity contribution < 1.29 is 4.79 Å².